The van der Waals surface area contributed by atoms with Crippen LogP contribution in [0.5, 0.6) is 5.75 Å². The van der Waals surface area contributed by atoms with E-state index in [1.807, 2.05) is 0 Å². The zero-order valence-corrected chi connectivity index (χ0v) is 20.3. The van der Waals surface area contributed by atoms with E-state index in [0.29, 0.717) is 22.6 Å². The summed E-state index contributed by atoms with van der Waals surface area (Å²) >= 11 is 0. The molecule has 3 aromatic carbocycles. The summed E-state index contributed by atoms with van der Waals surface area (Å²) < 4.78 is 35.6. The molecule has 0 radical (unpaired) electrons. The fourth-order valence-electron chi connectivity index (χ4n) is 3.64. The van der Waals surface area contributed by atoms with Crippen molar-refractivity contribution in [1.29, 1.82) is 0 Å². The lowest BCUT2D eigenvalue weighted by Crippen LogP contribution is -2.22. The van der Waals surface area contributed by atoms with Crippen molar-refractivity contribution in [3.05, 3.63) is 101 Å². The average Bonchev–Trinajstić information content (AvgIpc) is 2.82. The molecule has 1 aliphatic rings. The van der Waals surface area contributed by atoms with E-state index in [4.69, 9.17) is 4.74 Å². The first-order chi connectivity index (χ1) is 16.1. The van der Waals surface area contributed by atoms with Gasteiger partial charge >= 0.3 is 0 Å². The van der Waals surface area contributed by atoms with Crippen molar-refractivity contribution in [2.24, 2.45) is 4.40 Å². The Bertz CT molecular complexity index is 1400. The quantitative estimate of drug-likeness (QED) is 0.538. The summed E-state index contributed by atoms with van der Waals surface area (Å²) in [6.45, 7) is 6.19. The van der Waals surface area contributed by atoms with Gasteiger partial charge in [0.25, 0.3) is 10.0 Å². The van der Waals surface area contributed by atoms with Crippen molar-refractivity contribution in [2.45, 2.75) is 31.1 Å². The number of benzene rings is 3. The highest BCUT2D eigenvalue weighted by molar-refractivity contribution is 7.90. The minimum atomic E-state index is -4.00. The Morgan fingerprint density at radius 1 is 0.853 bits per heavy atom. The Morgan fingerprint density at radius 2 is 1.47 bits per heavy atom. The van der Waals surface area contributed by atoms with E-state index in [0.717, 1.165) is 5.56 Å². The van der Waals surface area contributed by atoms with Crippen LogP contribution in [0.15, 0.2) is 93.9 Å². The van der Waals surface area contributed by atoms with Crippen LogP contribution in [0, 0.1) is 0 Å². The summed E-state index contributed by atoms with van der Waals surface area (Å²) in [5.74, 6) is 0.447. The van der Waals surface area contributed by atoms with E-state index in [1.165, 1.54) is 6.08 Å². The first-order valence-corrected chi connectivity index (χ1v) is 12.2. The van der Waals surface area contributed by atoms with Crippen LogP contribution < -0.4 is 10.1 Å². The van der Waals surface area contributed by atoms with Crippen LogP contribution >= 0.6 is 0 Å². The Hall–Kier alpha value is -3.71. The molecule has 6 nitrogen and oxygen atoms in total. The number of ketones is 1. The first-order valence-electron chi connectivity index (χ1n) is 10.8. The number of hydrogen-bond donors (Lipinski definition) is 1. The van der Waals surface area contributed by atoms with Crippen LogP contribution in [0.2, 0.25) is 0 Å². The largest absolute Gasteiger partial charge is 0.497 e. The van der Waals surface area contributed by atoms with E-state index in [2.05, 4.69) is 30.5 Å². The number of fused-ring (bicyclic) bond motifs is 1. The fourth-order valence-corrected chi connectivity index (χ4v) is 4.63. The molecule has 0 fully saturated rings. The third-order valence-corrected chi connectivity index (χ3v) is 6.88. The molecule has 0 spiro atoms. The predicted octanol–water partition coefficient (Wildman–Crippen LogP) is 5.36. The second kappa shape index (κ2) is 8.91. The monoisotopic (exact) mass is 474 g/mol. The molecule has 3 aromatic rings. The van der Waals surface area contributed by atoms with Gasteiger partial charge in [-0.15, -0.1) is 0 Å². The fraction of sp³-hybridized carbons (Fsp3) is 0.185. The molecule has 0 bridgehead atoms. The highest BCUT2D eigenvalue weighted by Crippen LogP contribution is 2.27. The Morgan fingerprint density at radius 3 is 2.06 bits per heavy atom. The molecule has 0 saturated heterocycles. The number of nitrogens with one attached hydrogen (secondary N) is 1. The summed E-state index contributed by atoms with van der Waals surface area (Å²) in [5, 5.41) is 3.08. The van der Waals surface area contributed by atoms with Crippen molar-refractivity contribution in [1.82, 2.24) is 0 Å². The van der Waals surface area contributed by atoms with Gasteiger partial charge in [0.05, 0.1) is 23.4 Å². The van der Waals surface area contributed by atoms with Crippen molar-refractivity contribution in [3.8, 4) is 5.75 Å². The molecule has 0 aliphatic heterocycles. The second-order valence-electron chi connectivity index (χ2n) is 9.01. The van der Waals surface area contributed by atoms with Gasteiger partial charge in [-0.2, -0.15) is 12.8 Å². The summed E-state index contributed by atoms with van der Waals surface area (Å²) in [7, 11) is -2.42. The van der Waals surface area contributed by atoms with Crippen LogP contribution in [-0.4, -0.2) is 27.0 Å². The lowest BCUT2D eigenvalue weighted by atomic mass is 9.87. The normalized spacial score (nSPS) is 15.0. The van der Waals surface area contributed by atoms with Crippen LogP contribution in [0.1, 0.15) is 42.3 Å². The highest BCUT2D eigenvalue weighted by atomic mass is 32.2. The van der Waals surface area contributed by atoms with Gasteiger partial charge in [0.1, 0.15) is 5.75 Å². The van der Waals surface area contributed by atoms with Crippen molar-refractivity contribution >= 4 is 27.2 Å². The van der Waals surface area contributed by atoms with Crippen molar-refractivity contribution in [2.75, 3.05) is 12.4 Å². The zero-order chi connectivity index (χ0) is 24.5. The number of methoxy groups -OCH3 is 1. The molecule has 0 heterocycles. The molecule has 0 saturated carbocycles. The summed E-state index contributed by atoms with van der Waals surface area (Å²) in [4.78, 5) is 13.2. The van der Waals surface area contributed by atoms with Gasteiger partial charge in [-0.3, -0.25) is 4.79 Å². The number of hydrogen-bond acceptors (Lipinski definition) is 5. The third kappa shape index (κ3) is 4.79. The van der Waals surface area contributed by atoms with Gasteiger partial charge in [-0.25, -0.2) is 0 Å². The number of rotatable bonds is 5. The lowest BCUT2D eigenvalue weighted by molar-refractivity contribution is 0.103. The molecule has 1 N–H and O–H groups in total. The first kappa shape index (κ1) is 23.4. The summed E-state index contributed by atoms with van der Waals surface area (Å²) in [6, 6.07) is 20.7. The molecule has 0 amide bonds. The van der Waals surface area contributed by atoms with E-state index in [9.17, 15) is 13.2 Å². The van der Waals surface area contributed by atoms with E-state index in [-0.39, 0.29) is 27.5 Å². The number of ether oxygens (including phenoxy) is 1. The number of nitrogens with zero attached hydrogens (tertiary/aromatic N) is 1. The van der Waals surface area contributed by atoms with E-state index in [1.54, 1.807) is 79.9 Å². The Labute approximate surface area is 200 Å². The number of anilines is 1. The van der Waals surface area contributed by atoms with Crippen molar-refractivity contribution in [3.63, 3.8) is 0 Å². The van der Waals surface area contributed by atoms with Crippen molar-refractivity contribution < 1.29 is 17.9 Å². The van der Waals surface area contributed by atoms with Gasteiger partial charge in [0.15, 0.2) is 0 Å². The summed E-state index contributed by atoms with van der Waals surface area (Å²) in [5.41, 5.74) is 2.90. The van der Waals surface area contributed by atoms with Crippen LogP contribution in [0.3, 0.4) is 0 Å². The zero-order valence-electron chi connectivity index (χ0n) is 19.5. The van der Waals surface area contributed by atoms with Gasteiger partial charge in [0.2, 0.25) is 5.78 Å². The average molecular weight is 475 g/mol. The minimum Gasteiger partial charge on any atom is -0.497 e. The molecule has 34 heavy (non-hydrogen) atoms. The number of allylic oxidation sites excluding steroid dienone is 2. The van der Waals surface area contributed by atoms with E-state index >= 15 is 0 Å². The molecular formula is C27H26N2O4S. The van der Waals surface area contributed by atoms with E-state index < -0.39 is 10.0 Å². The third-order valence-electron chi connectivity index (χ3n) is 5.58. The van der Waals surface area contributed by atoms with Crippen LogP contribution in [-0.2, 0) is 15.4 Å². The van der Waals surface area contributed by atoms with Crippen LogP contribution in [0.25, 0.3) is 0 Å². The minimum absolute atomic E-state index is 0.0956. The molecule has 0 atom stereocenters. The molecule has 7 heteroatoms. The highest BCUT2D eigenvalue weighted by Gasteiger charge is 2.26. The molecular weight excluding hydrogens is 448 g/mol. The number of sulfonamides is 1. The molecule has 0 aromatic heterocycles. The van der Waals surface area contributed by atoms with Gasteiger partial charge < -0.3 is 10.1 Å². The maximum atomic E-state index is 13.2. The maximum Gasteiger partial charge on any atom is 0.282 e. The molecule has 0 unspecified atom stereocenters. The smallest absolute Gasteiger partial charge is 0.282 e. The topological polar surface area (TPSA) is 84.8 Å². The molecule has 1 aliphatic carbocycles. The SMILES string of the molecule is COc1ccc(NC2=C/C(=N\S(=O)(=O)c3ccc(C(C)(C)C)cc3)c3ccccc3C2=O)cc1. The van der Waals surface area contributed by atoms with Crippen LogP contribution in [0.4, 0.5) is 5.69 Å². The van der Waals surface area contributed by atoms with Gasteiger partial charge in [0, 0.05) is 16.8 Å². The maximum absolute atomic E-state index is 13.2. The standard InChI is InChI=1S/C27H26N2O4S/c1-27(2,3)18-9-15-21(16-10-18)34(31,32)29-24-17-25(26(30)23-8-6-5-7-22(23)24)28-19-11-13-20(33-4)14-12-19/h5-17,28H,1-4H3/b29-24+. The number of Topliss-reactive ketones (excluding diaryl/α,β-unsaturated/α-hetero) is 1. The molecule has 4 rings (SSSR count). The number of carbonyl (C=O) groups excluding carboxylic acids is 1. The Balaban J connectivity index is 1.75. The predicted molar refractivity (Wildman–Crippen MR) is 134 cm³/mol. The van der Waals surface area contributed by atoms with Gasteiger partial charge in [-0.05, 0) is 53.5 Å². The lowest BCUT2D eigenvalue weighted by Gasteiger charge is -2.19. The van der Waals surface area contributed by atoms with Gasteiger partial charge in [-0.1, -0.05) is 57.2 Å². The second-order valence-corrected chi connectivity index (χ2v) is 10.6. The number of carbonyl (C=O) groups is 1. The Kier molecular flexibility index (Phi) is 6.15. The molecule has 174 valence electrons. The summed E-state index contributed by atoms with van der Waals surface area (Å²) in [6.07, 6.45) is 1.48.